The molecule has 1 atom stereocenters. The van der Waals surface area contributed by atoms with Crippen LogP contribution < -0.4 is 5.73 Å². The van der Waals surface area contributed by atoms with Crippen molar-refractivity contribution in [1.29, 1.82) is 0 Å². The van der Waals surface area contributed by atoms with Crippen molar-refractivity contribution in [3.05, 3.63) is 22.4 Å². The minimum atomic E-state index is 0.160. The van der Waals surface area contributed by atoms with E-state index in [1.165, 1.54) is 31.2 Å². The van der Waals surface area contributed by atoms with Crippen LogP contribution in [0.1, 0.15) is 38.2 Å². The minimum Gasteiger partial charge on any atom is -0.329 e. The van der Waals surface area contributed by atoms with E-state index >= 15 is 0 Å². The Labute approximate surface area is 109 Å². The molecule has 96 valence electrons. The molecule has 1 saturated carbocycles. The minimum absolute atomic E-state index is 0.160. The molecule has 1 aromatic rings. The highest BCUT2D eigenvalue weighted by Gasteiger charge is 2.33. The van der Waals surface area contributed by atoms with E-state index in [0.717, 1.165) is 19.0 Å². The van der Waals surface area contributed by atoms with Crippen molar-refractivity contribution >= 4 is 11.3 Å². The van der Waals surface area contributed by atoms with Gasteiger partial charge in [-0.25, -0.2) is 0 Å². The van der Waals surface area contributed by atoms with Gasteiger partial charge in [-0.15, -0.1) is 0 Å². The second-order valence-corrected chi connectivity index (χ2v) is 6.47. The van der Waals surface area contributed by atoms with Crippen LogP contribution in [0.25, 0.3) is 0 Å². The highest BCUT2D eigenvalue weighted by molar-refractivity contribution is 7.07. The van der Waals surface area contributed by atoms with Gasteiger partial charge in [-0.1, -0.05) is 19.3 Å². The van der Waals surface area contributed by atoms with Gasteiger partial charge in [0.2, 0.25) is 0 Å². The summed E-state index contributed by atoms with van der Waals surface area (Å²) in [7, 11) is 2.21. The monoisotopic (exact) mass is 252 g/mol. The van der Waals surface area contributed by atoms with Crippen LogP contribution in [0, 0.1) is 5.92 Å². The maximum atomic E-state index is 6.02. The average molecular weight is 252 g/mol. The lowest BCUT2D eigenvalue weighted by Gasteiger charge is -2.42. The van der Waals surface area contributed by atoms with E-state index in [-0.39, 0.29) is 5.54 Å². The molecule has 2 N–H and O–H groups in total. The first-order valence-electron chi connectivity index (χ1n) is 6.56. The largest absolute Gasteiger partial charge is 0.329 e. The number of rotatable bonds is 6. The third-order valence-electron chi connectivity index (χ3n) is 4.31. The van der Waals surface area contributed by atoms with E-state index in [2.05, 4.69) is 35.7 Å². The molecule has 1 aliphatic rings. The zero-order valence-corrected chi connectivity index (χ0v) is 11.8. The summed E-state index contributed by atoms with van der Waals surface area (Å²) in [5, 5.41) is 4.38. The third kappa shape index (κ3) is 3.09. The highest BCUT2D eigenvalue weighted by atomic mass is 32.1. The molecule has 1 fully saturated rings. The number of hydrogen-bond donors (Lipinski definition) is 1. The summed E-state index contributed by atoms with van der Waals surface area (Å²) in [6.45, 7) is 4.09. The number of likely N-dealkylation sites (N-methyl/N-ethyl adjacent to an activating group) is 1. The van der Waals surface area contributed by atoms with E-state index in [4.69, 9.17) is 5.73 Å². The maximum absolute atomic E-state index is 6.02. The lowest BCUT2D eigenvalue weighted by Crippen LogP contribution is -2.51. The van der Waals surface area contributed by atoms with Gasteiger partial charge in [-0.2, -0.15) is 11.3 Å². The van der Waals surface area contributed by atoms with Gasteiger partial charge in [0.1, 0.15) is 0 Å². The van der Waals surface area contributed by atoms with Crippen LogP contribution in [-0.2, 0) is 6.54 Å². The summed E-state index contributed by atoms with van der Waals surface area (Å²) < 4.78 is 0. The van der Waals surface area contributed by atoms with Gasteiger partial charge in [-0.05, 0) is 48.7 Å². The normalized spacial score (nSPS) is 20.2. The van der Waals surface area contributed by atoms with E-state index < -0.39 is 0 Å². The molecule has 1 aliphatic carbocycles. The number of thiophene rings is 1. The summed E-state index contributed by atoms with van der Waals surface area (Å²) >= 11 is 1.77. The van der Waals surface area contributed by atoms with Gasteiger partial charge >= 0.3 is 0 Å². The van der Waals surface area contributed by atoms with Crippen molar-refractivity contribution in [1.82, 2.24) is 4.90 Å². The van der Waals surface area contributed by atoms with Crippen molar-refractivity contribution in [2.45, 2.75) is 44.7 Å². The van der Waals surface area contributed by atoms with Gasteiger partial charge in [0.15, 0.2) is 0 Å². The van der Waals surface area contributed by atoms with Crippen molar-refractivity contribution in [2.75, 3.05) is 13.6 Å². The summed E-state index contributed by atoms with van der Waals surface area (Å²) in [6.07, 6.45) is 5.48. The lowest BCUT2D eigenvalue weighted by molar-refractivity contribution is 0.0858. The first-order chi connectivity index (χ1) is 8.14. The van der Waals surface area contributed by atoms with E-state index in [1.807, 2.05) is 0 Å². The molecular weight excluding hydrogens is 228 g/mol. The fourth-order valence-electron chi connectivity index (χ4n) is 2.56. The standard InChI is InChI=1S/C14H24N2S/c1-14(11-15,8-12-4-3-5-12)16(2)9-13-6-7-17-10-13/h6-7,10,12H,3-5,8-9,11,15H2,1-2H3. The molecule has 2 nitrogen and oxygen atoms in total. The molecule has 0 aliphatic heterocycles. The van der Waals surface area contributed by atoms with E-state index in [0.29, 0.717) is 0 Å². The fraction of sp³-hybridized carbons (Fsp3) is 0.714. The Morgan fingerprint density at radius 3 is 2.76 bits per heavy atom. The second kappa shape index (κ2) is 5.51. The Kier molecular flexibility index (Phi) is 4.23. The summed E-state index contributed by atoms with van der Waals surface area (Å²) in [5.74, 6) is 0.911. The zero-order valence-electron chi connectivity index (χ0n) is 11.0. The fourth-order valence-corrected chi connectivity index (χ4v) is 3.22. The van der Waals surface area contributed by atoms with Crippen LogP contribution in [0.5, 0.6) is 0 Å². The smallest absolute Gasteiger partial charge is 0.0306 e. The molecule has 0 bridgehead atoms. The molecule has 2 rings (SSSR count). The summed E-state index contributed by atoms with van der Waals surface area (Å²) in [5.41, 5.74) is 7.59. The predicted octanol–water partition coefficient (Wildman–Crippen LogP) is 3.09. The highest BCUT2D eigenvalue weighted by Crippen LogP contribution is 2.35. The molecule has 0 radical (unpaired) electrons. The van der Waals surface area contributed by atoms with Crippen molar-refractivity contribution in [3.8, 4) is 0 Å². The Hall–Kier alpha value is -0.380. The molecule has 0 saturated heterocycles. The quantitative estimate of drug-likeness (QED) is 0.843. The molecule has 3 heteroatoms. The molecular formula is C14H24N2S. The van der Waals surface area contributed by atoms with Gasteiger partial charge in [0.05, 0.1) is 0 Å². The molecule has 1 unspecified atom stereocenters. The Morgan fingerprint density at radius 1 is 1.53 bits per heavy atom. The number of nitrogens with two attached hydrogens (primary N) is 1. The summed E-state index contributed by atoms with van der Waals surface area (Å²) in [6, 6.07) is 2.21. The van der Waals surface area contributed by atoms with Gasteiger partial charge < -0.3 is 5.73 Å². The first kappa shape index (κ1) is 13.1. The van der Waals surface area contributed by atoms with Crippen molar-refractivity contribution < 1.29 is 0 Å². The van der Waals surface area contributed by atoms with Crippen LogP contribution in [0.4, 0.5) is 0 Å². The molecule has 0 spiro atoms. The van der Waals surface area contributed by atoms with Crippen molar-refractivity contribution in [3.63, 3.8) is 0 Å². The van der Waals surface area contributed by atoms with E-state index in [1.54, 1.807) is 11.3 Å². The van der Waals surface area contributed by atoms with Crippen LogP contribution in [0.2, 0.25) is 0 Å². The van der Waals surface area contributed by atoms with Gasteiger partial charge in [0.25, 0.3) is 0 Å². The zero-order chi connectivity index (χ0) is 12.3. The molecule has 1 aromatic heterocycles. The SMILES string of the molecule is CN(Cc1ccsc1)C(C)(CN)CC1CCC1. The third-order valence-corrected chi connectivity index (χ3v) is 5.05. The molecule has 1 heterocycles. The van der Waals surface area contributed by atoms with Gasteiger partial charge in [0, 0.05) is 18.6 Å². The molecule has 17 heavy (non-hydrogen) atoms. The average Bonchev–Trinajstić information content (AvgIpc) is 2.76. The Balaban J connectivity index is 1.95. The number of nitrogens with zero attached hydrogens (tertiary/aromatic N) is 1. The van der Waals surface area contributed by atoms with Crippen LogP contribution in [0.3, 0.4) is 0 Å². The lowest BCUT2D eigenvalue weighted by atomic mass is 9.76. The van der Waals surface area contributed by atoms with Crippen molar-refractivity contribution in [2.24, 2.45) is 11.7 Å². The predicted molar refractivity (Wildman–Crippen MR) is 75.2 cm³/mol. The topological polar surface area (TPSA) is 29.3 Å². The maximum Gasteiger partial charge on any atom is 0.0306 e. The number of hydrogen-bond acceptors (Lipinski definition) is 3. The van der Waals surface area contributed by atoms with Crippen LogP contribution >= 0.6 is 11.3 Å². The summed E-state index contributed by atoms with van der Waals surface area (Å²) in [4.78, 5) is 2.44. The second-order valence-electron chi connectivity index (χ2n) is 5.69. The van der Waals surface area contributed by atoms with E-state index in [9.17, 15) is 0 Å². The Bertz CT molecular complexity index is 332. The molecule has 0 aromatic carbocycles. The van der Waals surface area contributed by atoms with Crippen LogP contribution in [0.15, 0.2) is 16.8 Å². The van der Waals surface area contributed by atoms with Crippen LogP contribution in [-0.4, -0.2) is 24.0 Å². The Morgan fingerprint density at radius 2 is 2.29 bits per heavy atom. The first-order valence-corrected chi connectivity index (χ1v) is 7.51. The van der Waals surface area contributed by atoms with Gasteiger partial charge in [-0.3, -0.25) is 4.90 Å². The molecule has 0 amide bonds.